The van der Waals surface area contributed by atoms with Gasteiger partial charge in [0.25, 0.3) is 5.92 Å². The standard InChI is InChI=1S/C21H23F2N7O/c1-11-7-24-16-13(11)6-12(8-25-16)15-27-17(29-9-21(22,23)10-29)14-18(28-15)30-4-5-31-20(2,3)19(30)26-14/h6-8,19,26H,4-5,9-10H2,1-3H3,(H,24,25). The van der Waals surface area contributed by atoms with E-state index in [9.17, 15) is 8.78 Å². The summed E-state index contributed by atoms with van der Waals surface area (Å²) in [4.78, 5) is 21.0. The van der Waals surface area contributed by atoms with Gasteiger partial charge in [0.05, 0.1) is 19.7 Å². The fraction of sp³-hybridized carbons (Fsp3) is 0.476. The van der Waals surface area contributed by atoms with Crippen LogP contribution in [0.5, 0.6) is 0 Å². The number of halogens is 2. The van der Waals surface area contributed by atoms with Gasteiger partial charge in [0.1, 0.15) is 23.1 Å². The minimum absolute atomic E-state index is 0.145. The third-order valence-corrected chi connectivity index (χ3v) is 6.34. The van der Waals surface area contributed by atoms with E-state index in [0.29, 0.717) is 30.5 Å². The smallest absolute Gasteiger partial charge is 0.282 e. The van der Waals surface area contributed by atoms with Crippen LogP contribution in [0, 0.1) is 6.92 Å². The third-order valence-electron chi connectivity index (χ3n) is 6.34. The number of rotatable bonds is 2. The Kier molecular flexibility index (Phi) is 3.64. The first kappa shape index (κ1) is 18.7. The molecule has 3 aromatic heterocycles. The molecule has 2 saturated heterocycles. The first-order chi connectivity index (χ1) is 14.7. The maximum atomic E-state index is 13.7. The van der Waals surface area contributed by atoms with Crippen molar-refractivity contribution in [2.75, 3.05) is 41.4 Å². The molecule has 0 aliphatic carbocycles. The van der Waals surface area contributed by atoms with Gasteiger partial charge in [0.15, 0.2) is 17.5 Å². The quantitative estimate of drug-likeness (QED) is 0.650. The van der Waals surface area contributed by atoms with Crippen LogP contribution in [0.25, 0.3) is 22.4 Å². The molecule has 0 spiro atoms. The summed E-state index contributed by atoms with van der Waals surface area (Å²) in [5.74, 6) is -0.996. The highest BCUT2D eigenvalue weighted by molar-refractivity contribution is 5.88. The van der Waals surface area contributed by atoms with E-state index in [1.165, 1.54) is 0 Å². The zero-order valence-corrected chi connectivity index (χ0v) is 17.5. The Morgan fingerprint density at radius 2 is 1.97 bits per heavy atom. The lowest BCUT2D eigenvalue weighted by atomic mass is 10.0. The van der Waals surface area contributed by atoms with Crippen LogP contribution in [0.1, 0.15) is 19.4 Å². The van der Waals surface area contributed by atoms with Crippen molar-refractivity contribution in [3.63, 3.8) is 0 Å². The van der Waals surface area contributed by atoms with Crippen molar-refractivity contribution in [2.24, 2.45) is 0 Å². The monoisotopic (exact) mass is 427 g/mol. The molecule has 2 N–H and O–H groups in total. The summed E-state index contributed by atoms with van der Waals surface area (Å²) in [5, 5.41) is 4.44. The largest absolute Gasteiger partial charge is 0.370 e. The van der Waals surface area contributed by atoms with Crippen LogP contribution in [0.3, 0.4) is 0 Å². The van der Waals surface area contributed by atoms with Gasteiger partial charge in [-0.1, -0.05) is 0 Å². The van der Waals surface area contributed by atoms with E-state index < -0.39 is 11.5 Å². The Morgan fingerprint density at radius 1 is 1.19 bits per heavy atom. The summed E-state index contributed by atoms with van der Waals surface area (Å²) in [6.07, 6.45) is 3.48. The molecule has 0 radical (unpaired) electrons. The zero-order valence-electron chi connectivity index (χ0n) is 17.5. The zero-order chi connectivity index (χ0) is 21.5. The maximum absolute atomic E-state index is 13.7. The van der Waals surface area contributed by atoms with Gasteiger partial charge in [-0.25, -0.2) is 23.7 Å². The Bertz CT molecular complexity index is 1200. The van der Waals surface area contributed by atoms with Crippen molar-refractivity contribution in [3.8, 4) is 11.4 Å². The Hall–Kier alpha value is -3.01. The number of ether oxygens (including phenoxy) is 1. The molecule has 3 aliphatic heterocycles. The van der Waals surface area contributed by atoms with Gasteiger partial charge < -0.3 is 24.8 Å². The number of nitrogens with one attached hydrogen (secondary N) is 2. The summed E-state index contributed by atoms with van der Waals surface area (Å²) >= 11 is 0. The summed E-state index contributed by atoms with van der Waals surface area (Å²) in [6, 6.07) is 1.99. The summed E-state index contributed by atoms with van der Waals surface area (Å²) in [7, 11) is 0. The molecule has 6 rings (SSSR count). The molecule has 0 aromatic carbocycles. The molecule has 10 heteroatoms. The molecule has 1 atom stereocenters. The lowest BCUT2D eigenvalue weighted by Gasteiger charge is -2.42. The first-order valence-corrected chi connectivity index (χ1v) is 10.4. The number of anilines is 3. The maximum Gasteiger partial charge on any atom is 0.282 e. The number of alkyl halides is 2. The van der Waals surface area contributed by atoms with Crippen molar-refractivity contribution < 1.29 is 13.5 Å². The molecule has 2 fully saturated rings. The van der Waals surface area contributed by atoms with E-state index in [1.807, 2.05) is 33.0 Å². The molecule has 3 aromatic rings. The number of fused-ring (bicyclic) bond motifs is 4. The van der Waals surface area contributed by atoms with Crippen LogP contribution < -0.4 is 15.1 Å². The second-order valence-electron chi connectivity index (χ2n) is 9.07. The number of pyridine rings is 1. The van der Waals surface area contributed by atoms with Gasteiger partial charge in [-0.05, 0) is 32.4 Å². The second kappa shape index (κ2) is 6.03. The number of morpholine rings is 1. The second-order valence-corrected chi connectivity index (χ2v) is 9.07. The number of hydrogen-bond donors (Lipinski definition) is 2. The minimum Gasteiger partial charge on any atom is -0.370 e. The molecule has 0 amide bonds. The number of hydrogen-bond acceptors (Lipinski definition) is 7. The van der Waals surface area contributed by atoms with Crippen LogP contribution in [-0.4, -0.2) is 63.9 Å². The fourth-order valence-electron chi connectivity index (χ4n) is 4.66. The van der Waals surface area contributed by atoms with Crippen LogP contribution in [0.4, 0.5) is 26.1 Å². The highest BCUT2D eigenvalue weighted by Crippen LogP contribution is 2.47. The van der Waals surface area contributed by atoms with E-state index in [-0.39, 0.29) is 19.3 Å². The molecule has 1 unspecified atom stereocenters. The SMILES string of the molecule is Cc1c[nH]c2ncc(-c3nc(N4CC(F)(F)C4)c4c(n3)N3CCOC(C)(C)C3N4)cc12. The van der Waals surface area contributed by atoms with E-state index in [1.54, 1.807) is 11.1 Å². The molecule has 6 heterocycles. The molecular formula is C21H23F2N7O. The lowest BCUT2D eigenvalue weighted by molar-refractivity contribution is -0.0490. The topological polar surface area (TPSA) is 82.2 Å². The van der Waals surface area contributed by atoms with Crippen molar-refractivity contribution in [3.05, 3.63) is 24.0 Å². The van der Waals surface area contributed by atoms with Gasteiger partial charge in [0, 0.05) is 29.9 Å². The van der Waals surface area contributed by atoms with Gasteiger partial charge in [-0.2, -0.15) is 0 Å². The average Bonchev–Trinajstić information content (AvgIpc) is 3.27. The van der Waals surface area contributed by atoms with Crippen LogP contribution in [0.2, 0.25) is 0 Å². The number of aromatic nitrogens is 4. The molecule has 0 bridgehead atoms. The molecule has 3 aliphatic rings. The summed E-state index contributed by atoms with van der Waals surface area (Å²) in [5.41, 5.74) is 2.85. The Labute approximate surface area is 177 Å². The molecule has 162 valence electrons. The van der Waals surface area contributed by atoms with E-state index in [2.05, 4.69) is 20.2 Å². The highest BCUT2D eigenvalue weighted by atomic mass is 19.3. The van der Waals surface area contributed by atoms with Crippen molar-refractivity contribution in [2.45, 2.75) is 38.5 Å². The normalized spacial score (nSPS) is 23.3. The van der Waals surface area contributed by atoms with Gasteiger partial charge in [-0.3, -0.25) is 0 Å². The van der Waals surface area contributed by atoms with Gasteiger partial charge in [0.2, 0.25) is 0 Å². The van der Waals surface area contributed by atoms with Crippen LogP contribution in [0.15, 0.2) is 18.5 Å². The molecular weight excluding hydrogens is 404 g/mol. The number of H-pyrrole nitrogens is 1. The average molecular weight is 427 g/mol. The molecule has 31 heavy (non-hydrogen) atoms. The highest BCUT2D eigenvalue weighted by Gasteiger charge is 2.50. The number of aryl methyl sites for hydroxylation is 1. The lowest BCUT2D eigenvalue weighted by Crippen LogP contribution is -2.58. The van der Waals surface area contributed by atoms with Gasteiger partial charge >= 0.3 is 0 Å². The predicted molar refractivity (Wildman–Crippen MR) is 114 cm³/mol. The predicted octanol–water partition coefficient (Wildman–Crippen LogP) is 3.15. The van der Waals surface area contributed by atoms with Crippen LogP contribution in [-0.2, 0) is 4.74 Å². The van der Waals surface area contributed by atoms with Crippen molar-refractivity contribution >= 4 is 28.4 Å². The fourth-order valence-corrected chi connectivity index (χ4v) is 4.66. The first-order valence-electron chi connectivity index (χ1n) is 10.4. The summed E-state index contributed by atoms with van der Waals surface area (Å²) < 4.78 is 33.4. The van der Waals surface area contributed by atoms with Crippen molar-refractivity contribution in [1.82, 2.24) is 19.9 Å². The van der Waals surface area contributed by atoms with E-state index >= 15 is 0 Å². The van der Waals surface area contributed by atoms with Crippen LogP contribution >= 0.6 is 0 Å². The summed E-state index contributed by atoms with van der Waals surface area (Å²) in [6.45, 7) is 6.56. The van der Waals surface area contributed by atoms with E-state index in [0.717, 1.165) is 28.0 Å². The van der Waals surface area contributed by atoms with Gasteiger partial charge in [-0.15, -0.1) is 0 Å². The molecule has 0 saturated carbocycles. The Morgan fingerprint density at radius 3 is 2.74 bits per heavy atom. The number of nitrogens with zero attached hydrogens (tertiary/aromatic N) is 5. The molecule has 8 nitrogen and oxygen atoms in total. The van der Waals surface area contributed by atoms with Crippen molar-refractivity contribution in [1.29, 1.82) is 0 Å². The Balaban J connectivity index is 1.50. The number of aromatic amines is 1. The van der Waals surface area contributed by atoms with E-state index in [4.69, 9.17) is 14.7 Å². The minimum atomic E-state index is -2.70. The third kappa shape index (κ3) is 2.77.